The van der Waals surface area contributed by atoms with Crippen LogP contribution in [0.5, 0.6) is 0 Å². The summed E-state index contributed by atoms with van der Waals surface area (Å²) >= 11 is 0. The van der Waals surface area contributed by atoms with Gasteiger partial charge in [0.05, 0.1) is 25.2 Å². The third kappa shape index (κ3) is 48.5. The van der Waals surface area contributed by atoms with Gasteiger partial charge in [0, 0.05) is 6.42 Å². The Balaban J connectivity index is 4.54. The van der Waals surface area contributed by atoms with Crippen LogP contribution in [0, 0.1) is 0 Å². The zero-order valence-electron chi connectivity index (χ0n) is 44.3. The van der Waals surface area contributed by atoms with E-state index in [9.17, 15) is 19.8 Å². The molecule has 0 saturated carbocycles. The maximum absolute atomic E-state index is 13.3. The smallest absolute Gasteiger partial charge is 0.306 e. The number of nitrogens with one attached hydrogen (secondary N) is 1. The van der Waals surface area contributed by atoms with Crippen molar-refractivity contribution >= 4 is 11.9 Å². The third-order valence-corrected chi connectivity index (χ3v) is 13.4. The predicted molar refractivity (Wildman–Crippen MR) is 287 cm³/mol. The van der Waals surface area contributed by atoms with Crippen LogP contribution in [-0.4, -0.2) is 46.9 Å². The highest BCUT2D eigenvalue weighted by Crippen LogP contribution is 2.18. The first-order chi connectivity index (χ1) is 32.5. The molecule has 0 aliphatic carbocycles. The molecule has 1 amide bonds. The number of aliphatic hydroxyl groups is 2. The van der Waals surface area contributed by atoms with Gasteiger partial charge in [-0.05, 0) is 83.5 Å². The minimum atomic E-state index is -0.792. The highest BCUT2D eigenvalue weighted by Gasteiger charge is 2.24. The molecule has 0 aromatic heterocycles. The van der Waals surface area contributed by atoms with Crippen LogP contribution in [0.15, 0.2) is 36.5 Å². The van der Waals surface area contributed by atoms with Gasteiger partial charge in [0.25, 0.3) is 0 Å². The molecule has 6 nitrogen and oxygen atoms in total. The molecule has 6 heteroatoms. The molecular formula is C60H113NO5. The van der Waals surface area contributed by atoms with E-state index < -0.39 is 18.2 Å². The number of hydrogen-bond donors (Lipinski definition) is 3. The Morgan fingerprint density at radius 3 is 1.21 bits per heavy atom. The fourth-order valence-corrected chi connectivity index (χ4v) is 8.99. The first kappa shape index (κ1) is 64.1. The molecule has 0 saturated heterocycles. The predicted octanol–water partition coefficient (Wildman–Crippen LogP) is 18.0. The zero-order chi connectivity index (χ0) is 48.1. The summed E-state index contributed by atoms with van der Waals surface area (Å²) < 4.78 is 5.95. The summed E-state index contributed by atoms with van der Waals surface area (Å²) in [6.45, 7) is 6.48. The third-order valence-electron chi connectivity index (χ3n) is 13.4. The molecule has 3 unspecified atom stereocenters. The van der Waals surface area contributed by atoms with Gasteiger partial charge in [-0.3, -0.25) is 9.59 Å². The van der Waals surface area contributed by atoms with Gasteiger partial charge >= 0.3 is 5.97 Å². The molecule has 0 radical (unpaired) electrons. The van der Waals surface area contributed by atoms with E-state index in [0.717, 1.165) is 70.6 Å². The lowest BCUT2D eigenvalue weighted by atomic mass is 10.0. The maximum atomic E-state index is 13.3. The van der Waals surface area contributed by atoms with E-state index in [0.29, 0.717) is 19.3 Å². The van der Waals surface area contributed by atoms with E-state index in [-0.39, 0.29) is 24.9 Å². The lowest BCUT2D eigenvalue weighted by Crippen LogP contribution is -2.46. The highest BCUT2D eigenvalue weighted by atomic mass is 16.5. The molecule has 3 atom stereocenters. The summed E-state index contributed by atoms with van der Waals surface area (Å²) in [5.41, 5.74) is 0. The second kappa shape index (κ2) is 54.0. The van der Waals surface area contributed by atoms with Crippen LogP contribution < -0.4 is 5.32 Å². The second-order valence-electron chi connectivity index (χ2n) is 20.0. The lowest BCUT2D eigenvalue weighted by molar-refractivity contribution is -0.151. The van der Waals surface area contributed by atoms with Crippen molar-refractivity contribution in [1.29, 1.82) is 0 Å². The van der Waals surface area contributed by atoms with Gasteiger partial charge in [0.15, 0.2) is 0 Å². The van der Waals surface area contributed by atoms with Crippen molar-refractivity contribution in [3.8, 4) is 0 Å². The summed E-state index contributed by atoms with van der Waals surface area (Å²) in [4.78, 5) is 26.3. The Bertz CT molecular complexity index is 1090. The summed E-state index contributed by atoms with van der Waals surface area (Å²) in [6, 6.07) is -0.707. The molecular weight excluding hydrogens is 815 g/mol. The van der Waals surface area contributed by atoms with E-state index in [4.69, 9.17) is 4.74 Å². The number of aliphatic hydroxyl groups excluding tert-OH is 2. The Hall–Kier alpha value is -1.92. The van der Waals surface area contributed by atoms with Crippen LogP contribution in [0.25, 0.3) is 0 Å². The summed E-state index contributed by atoms with van der Waals surface area (Å²) in [7, 11) is 0. The largest absolute Gasteiger partial charge is 0.462 e. The van der Waals surface area contributed by atoms with Crippen LogP contribution in [0.1, 0.15) is 310 Å². The van der Waals surface area contributed by atoms with E-state index in [1.54, 1.807) is 0 Å². The van der Waals surface area contributed by atoms with Gasteiger partial charge in [0.1, 0.15) is 6.10 Å². The van der Waals surface area contributed by atoms with Gasteiger partial charge < -0.3 is 20.3 Å². The molecule has 0 aliphatic heterocycles. The summed E-state index contributed by atoms with van der Waals surface area (Å²) in [6.07, 6.45) is 64.9. The first-order valence-electron chi connectivity index (χ1n) is 29.2. The highest BCUT2D eigenvalue weighted by molar-refractivity contribution is 5.77. The van der Waals surface area contributed by atoms with E-state index in [1.165, 1.54) is 193 Å². The standard InChI is InChI=1S/C60H113NO5/c1-4-7-10-13-16-19-22-25-28-30-32-35-38-41-44-47-50-53-60(65)66-56(51-48-45-42-39-36-33-27-24-21-18-15-12-9-6-3)54-59(64)61-57(55-62)58(63)52-49-46-43-40-37-34-31-29-26-23-20-17-14-11-8-5-2/h16,19,25,28,33,36,56-58,62-63H,4-15,17-18,20-24,26-27,29-32,34-35,37-55H2,1-3H3,(H,61,64)/b19-16-,28-25-,36-33+. The average Bonchev–Trinajstić information content (AvgIpc) is 3.31. The zero-order valence-corrected chi connectivity index (χ0v) is 44.3. The number of hydrogen-bond acceptors (Lipinski definition) is 5. The Kier molecular flexibility index (Phi) is 52.5. The molecule has 388 valence electrons. The lowest BCUT2D eigenvalue weighted by Gasteiger charge is -2.24. The van der Waals surface area contributed by atoms with Crippen molar-refractivity contribution in [1.82, 2.24) is 5.32 Å². The molecule has 0 spiro atoms. The molecule has 66 heavy (non-hydrogen) atoms. The van der Waals surface area contributed by atoms with Crippen molar-refractivity contribution in [3.05, 3.63) is 36.5 Å². The van der Waals surface area contributed by atoms with Gasteiger partial charge in [-0.2, -0.15) is 0 Å². The monoisotopic (exact) mass is 928 g/mol. The number of unbranched alkanes of at least 4 members (excludes halogenated alkanes) is 35. The Labute approximate surface area is 411 Å². The van der Waals surface area contributed by atoms with Crippen molar-refractivity contribution < 1.29 is 24.5 Å². The van der Waals surface area contributed by atoms with Crippen LogP contribution in [-0.2, 0) is 14.3 Å². The maximum Gasteiger partial charge on any atom is 0.306 e. The van der Waals surface area contributed by atoms with Crippen LogP contribution in [0.3, 0.4) is 0 Å². The molecule has 3 N–H and O–H groups in total. The summed E-state index contributed by atoms with van der Waals surface area (Å²) in [5, 5.41) is 23.9. The van der Waals surface area contributed by atoms with Gasteiger partial charge in [-0.1, -0.05) is 250 Å². The number of allylic oxidation sites excluding steroid dienone is 6. The van der Waals surface area contributed by atoms with E-state index in [2.05, 4.69) is 62.5 Å². The van der Waals surface area contributed by atoms with Crippen molar-refractivity contribution in [2.75, 3.05) is 6.61 Å². The van der Waals surface area contributed by atoms with Gasteiger partial charge in [0.2, 0.25) is 5.91 Å². The second-order valence-corrected chi connectivity index (χ2v) is 20.0. The van der Waals surface area contributed by atoms with Crippen LogP contribution >= 0.6 is 0 Å². The molecule has 0 bridgehead atoms. The van der Waals surface area contributed by atoms with E-state index >= 15 is 0 Å². The number of ether oxygens (including phenoxy) is 1. The normalized spacial score (nSPS) is 13.3. The molecule has 0 aromatic carbocycles. The fraction of sp³-hybridized carbons (Fsp3) is 0.867. The Morgan fingerprint density at radius 1 is 0.439 bits per heavy atom. The number of rotatable bonds is 53. The molecule has 0 aromatic rings. The van der Waals surface area contributed by atoms with Crippen molar-refractivity contribution in [2.24, 2.45) is 0 Å². The number of carbonyl (C=O) groups excluding carboxylic acids is 2. The van der Waals surface area contributed by atoms with Crippen molar-refractivity contribution in [2.45, 2.75) is 328 Å². The SMILES string of the molecule is CCCCC/C=C\C/C=C\CCCCCCCCCC(=O)OC(CCCCC/C=C/CCCCCCCCC)CC(=O)NC(CO)C(O)CCCCCCCCCCCCCCCCCC. The number of amides is 1. The number of carbonyl (C=O) groups is 2. The molecule has 0 fully saturated rings. The Morgan fingerprint density at radius 2 is 0.773 bits per heavy atom. The fourth-order valence-electron chi connectivity index (χ4n) is 8.99. The molecule has 0 heterocycles. The van der Waals surface area contributed by atoms with Crippen LogP contribution in [0.4, 0.5) is 0 Å². The topological polar surface area (TPSA) is 95.9 Å². The first-order valence-corrected chi connectivity index (χ1v) is 29.2. The minimum absolute atomic E-state index is 0.0668. The van der Waals surface area contributed by atoms with Gasteiger partial charge in [-0.25, -0.2) is 0 Å². The number of esters is 1. The quantitative estimate of drug-likeness (QED) is 0.0321. The average molecular weight is 929 g/mol. The van der Waals surface area contributed by atoms with Crippen molar-refractivity contribution in [3.63, 3.8) is 0 Å². The summed E-state index contributed by atoms with van der Waals surface area (Å²) in [5.74, 6) is -0.484. The molecule has 0 rings (SSSR count). The minimum Gasteiger partial charge on any atom is -0.462 e. The molecule has 0 aliphatic rings. The van der Waals surface area contributed by atoms with Crippen LogP contribution in [0.2, 0.25) is 0 Å². The van der Waals surface area contributed by atoms with E-state index in [1.807, 2.05) is 0 Å². The van der Waals surface area contributed by atoms with Gasteiger partial charge in [-0.15, -0.1) is 0 Å².